The van der Waals surface area contributed by atoms with E-state index in [1.165, 1.54) is 10.9 Å². The van der Waals surface area contributed by atoms with Crippen molar-refractivity contribution in [2.24, 2.45) is 0 Å². The fraction of sp³-hybridized carbons (Fsp3) is 0.355. The van der Waals surface area contributed by atoms with E-state index < -0.39 is 12.1 Å². The third-order valence-electron chi connectivity index (χ3n) is 7.95. The van der Waals surface area contributed by atoms with Gasteiger partial charge in [-0.2, -0.15) is 18.3 Å². The molecule has 2 N–H and O–H groups in total. The Bertz CT molecular complexity index is 1720. The number of ether oxygens (including phenoxy) is 1. The van der Waals surface area contributed by atoms with Gasteiger partial charge in [0, 0.05) is 50.0 Å². The predicted molar refractivity (Wildman–Crippen MR) is 159 cm³/mol. The van der Waals surface area contributed by atoms with Crippen molar-refractivity contribution in [2.75, 3.05) is 44.3 Å². The summed E-state index contributed by atoms with van der Waals surface area (Å²) in [6.45, 7) is 6.18. The van der Waals surface area contributed by atoms with Crippen LogP contribution in [0, 0.1) is 0 Å². The highest BCUT2D eigenvalue weighted by Crippen LogP contribution is 2.33. The fourth-order valence-corrected chi connectivity index (χ4v) is 5.67. The monoisotopic (exact) mass is 607 g/mol. The first-order chi connectivity index (χ1) is 21.3. The van der Waals surface area contributed by atoms with Gasteiger partial charge >= 0.3 is 12.1 Å². The number of hydrogen-bond acceptors (Lipinski definition) is 7. The highest BCUT2D eigenvalue weighted by Gasteiger charge is 2.38. The van der Waals surface area contributed by atoms with Crippen molar-refractivity contribution in [1.29, 1.82) is 0 Å². The number of hydrogen-bond donors (Lipinski definition) is 2. The minimum Gasteiger partial charge on any atom is -0.475 e. The number of carboxylic acids is 1. The van der Waals surface area contributed by atoms with Crippen LogP contribution in [-0.2, 0) is 16.1 Å². The Kier molecular flexibility index (Phi) is 8.49. The second kappa shape index (κ2) is 12.6. The van der Waals surface area contributed by atoms with Crippen LogP contribution in [0.3, 0.4) is 0 Å². The van der Waals surface area contributed by atoms with Crippen molar-refractivity contribution in [1.82, 2.24) is 29.6 Å². The lowest BCUT2D eigenvalue weighted by Gasteiger charge is -2.32. The van der Waals surface area contributed by atoms with E-state index in [9.17, 15) is 13.2 Å². The third kappa shape index (κ3) is 6.53. The largest absolute Gasteiger partial charge is 0.490 e. The minimum atomic E-state index is -5.08. The molecule has 0 bridgehead atoms. The van der Waals surface area contributed by atoms with E-state index in [-0.39, 0.29) is 0 Å². The minimum absolute atomic E-state index is 0.329. The van der Waals surface area contributed by atoms with Gasteiger partial charge < -0.3 is 19.7 Å². The summed E-state index contributed by atoms with van der Waals surface area (Å²) in [6.07, 6.45) is 0.972. The van der Waals surface area contributed by atoms with Crippen molar-refractivity contribution in [3.8, 4) is 11.4 Å². The predicted octanol–water partition coefficient (Wildman–Crippen LogP) is 5.28. The second-order valence-electron chi connectivity index (χ2n) is 10.9. The number of nitrogens with one attached hydrogen (secondary N) is 1. The third-order valence-corrected chi connectivity index (χ3v) is 7.95. The number of anilines is 1. The number of halogens is 3. The molecule has 3 aromatic heterocycles. The van der Waals surface area contributed by atoms with Gasteiger partial charge in [-0.25, -0.2) is 19.4 Å². The van der Waals surface area contributed by atoms with Crippen molar-refractivity contribution < 1.29 is 27.8 Å². The molecule has 0 radical (unpaired) electrons. The standard InChI is InChI=1S/C29H31N7O.C2HF3O2/c1-2-4-21(5-3-1)20-34-12-9-24(10-13-34)36-29-25(19-31-36)28(35-14-16-37-17-15-35)32-27(33-29)23-7-6-22-8-11-30-26(22)18-23;3-2(4,5)1(6)7/h1-8,11,18-19,24,30H,9-10,12-17,20H2;(H,6,7). The Hall–Kier alpha value is -4.49. The van der Waals surface area contributed by atoms with Crippen LogP contribution in [0.15, 0.2) is 67.0 Å². The van der Waals surface area contributed by atoms with Gasteiger partial charge in [-0.15, -0.1) is 0 Å². The zero-order chi connectivity index (χ0) is 30.7. The average Bonchev–Trinajstić information content (AvgIpc) is 3.69. The van der Waals surface area contributed by atoms with Crippen LogP contribution in [-0.4, -0.2) is 86.3 Å². The molecule has 0 atom stereocenters. The number of rotatable bonds is 5. The van der Waals surface area contributed by atoms with E-state index in [0.717, 1.165) is 79.3 Å². The summed E-state index contributed by atoms with van der Waals surface area (Å²) in [5.74, 6) is -1.05. The molecule has 2 aromatic carbocycles. The quantitative estimate of drug-likeness (QED) is 0.278. The molecule has 2 fully saturated rings. The van der Waals surface area contributed by atoms with Crippen LogP contribution < -0.4 is 4.90 Å². The zero-order valence-corrected chi connectivity index (χ0v) is 23.9. The lowest BCUT2D eigenvalue weighted by molar-refractivity contribution is -0.192. The molecule has 0 spiro atoms. The summed E-state index contributed by atoms with van der Waals surface area (Å²) in [4.78, 5) is 27.3. The van der Waals surface area contributed by atoms with Gasteiger partial charge in [0.2, 0.25) is 0 Å². The van der Waals surface area contributed by atoms with Gasteiger partial charge in [-0.05, 0) is 35.9 Å². The molecule has 44 heavy (non-hydrogen) atoms. The molecule has 0 aliphatic carbocycles. The number of nitrogens with zero attached hydrogens (tertiary/aromatic N) is 6. The van der Waals surface area contributed by atoms with Crippen molar-refractivity contribution >= 4 is 33.7 Å². The van der Waals surface area contributed by atoms with Crippen LogP contribution >= 0.6 is 0 Å². The van der Waals surface area contributed by atoms with Gasteiger partial charge in [-0.3, -0.25) is 4.90 Å². The number of aliphatic carboxylic acids is 1. The van der Waals surface area contributed by atoms with E-state index >= 15 is 0 Å². The number of benzene rings is 2. The van der Waals surface area contributed by atoms with Crippen LogP contribution in [0.1, 0.15) is 24.4 Å². The summed E-state index contributed by atoms with van der Waals surface area (Å²) in [5, 5.41) is 14.2. The first-order valence-corrected chi connectivity index (χ1v) is 14.5. The molecule has 5 aromatic rings. The number of morpholine rings is 1. The molecule has 0 saturated carbocycles. The van der Waals surface area contributed by atoms with Crippen LogP contribution in [0.2, 0.25) is 0 Å². The number of aromatic amines is 1. The van der Waals surface area contributed by atoms with Crippen molar-refractivity contribution in [3.63, 3.8) is 0 Å². The number of fused-ring (bicyclic) bond motifs is 2. The Labute approximate surface area is 251 Å². The maximum atomic E-state index is 10.6. The molecule has 5 heterocycles. The highest BCUT2D eigenvalue weighted by molar-refractivity contribution is 5.90. The Morgan fingerprint density at radius 1 is 1.00 bits per heavy atom. The number of likely N-dealkylation sites (tertiary alicyclic amines) is 1. The normalized spacial score (nSPS) is 16.7. The molecule has 2 aliphatic heterocycles. The lowest BCUT2D eigenvalue weighted by Crippen LogP contribution is -2.37. The van der Waals surface area contributed by atoms with E-state index in [2.05, 4.69) is 74.1 Å². The number of carboxylic acid groups (broad SMARTS) is 1. The van der Waals surface area contributed by atoms with Gasteiger partial charge in [0.05, 0.1) is 30.8 Å². The SMILES string of the molecule is O=C(O)C(F)(F)F.c1ccc(CN2CCC(n3ncc4c(N5CCOCC5)nc(-c5ccc6cc[nH]c6c5)nc43)CC2)cc1. The summed E-state index contributed by atoms with van der Waals surface area (Å²) in [6, 6.07) is 19.5. The number of H-pyrrole nitrogens is 1. The second-order valence-corrected chi connectivity index (χ2v) is 10.9. The Balaban J connectivity index is 0.000000441. The average molecular weight is 608 g/mol. The number of alkyl halides is 3. The summed E-state index contributed by atoms with van der Waals surface area (Å²) >= 11 is 0. The number of carbonyl (C=O) groups is 1. The molecule has 0 unspecified atom stereocenters. The Morgan fingerprint density at radius 3 is 2.43 bits per heavy atom. The molecule has 0 amide bonds. The molecular weight excluding hydrogens is 575 g/mol. The van der Waals surface area contributed by atoms with E-state index in [1.54, 1.807) is 0 Å². The summed E-state index contributed by atoms with van der Waals surface area (Å²) in [5.41, 5.74) is 4.40. The molecule has 230 valence electrons. The molecule has 2 saturated heterocycles. The van der Waals surface area contributed by atoms with Crippen LogP contribution in [0.4, 0.5) is 19.0 Å². The summed E-state index contributed by atoms with van der Waals surface area (Å²) < 4.78 is 39.5. The van der Waals surface area contributed by atoms with Gasteiger partial charge in [0.15, 0.2) is 11.5 Å². The molecule has 10 nitrogen and oxygen atoms in total. The molecule has 13 heteroatoms. The zero-order valence-electron chi connectivity index (χ0n) is 23.9. The molecule has 2 aliphatic rings. The van der Waals surface area contributed by atoms with Gasteiger partial charge in [0.25, 0.3) is 0 Å². The van der Waals surface area contributed by atoms with Gasteiger partial charge in [0.1, 0.15) is 5.82 Å². The van der Waals surface area contributed by atoms with Crippen molar-refractivity contribution in [2.45, 2.75) is 31.6 Å². The molecular formula is C31H32F3N7O3. The number of piperidine rings is 1. The van der Waals surface area contributed by atoms with Crippen molar-refractivity contribution in [3.05, 3.63) is 72.6 Å². The topological polar surface area (TPSA) is 112 Å². The first-order valence-electron chi connectivity index (χ1n) is 14.5. The van der Waals surface area contributed by atoms with Crippen LogP contribution in [0.25, 0.3) is 33.3 Å². The lowest BCUT2D eigenvalue weighted by atomic mass is 10.0. The Morgan fingerprint density at radius 2 is 1.73 bits per heavy atom. The maximum Gasteiger partial charge on any atom is 0.490 e. The van der Waals surface area contributed by atoms with Crippen LogP contribution in [0.5, 0.6) is 0 Å². The van der Waals surface area contributed by atoms with Gasteiger partial charge in [-0.1, -0.05) is 42.5 Å². The maximum absolute atomic E-state index is 10.6. The first kappa shape index (κ1) is 29.6. The van der Waals surface area contributed by atoms with E-state index in [1.807, 2.05) is 12.4 Å². The smallest absolute Gasteiger partial charge is 0.475 e. The summed E-state index contributed by atoms with van der Waals surface area (Å²) in [7, 11) is 0. The number of aromatic nitrogens is 5. The molecule has 7 rings (SSSR count). The highest BCUT2D eigenvalue weighted by atomic mass is 19.4. The van der Waals surface area contributed by atoms with E-state index in [4.69, 9.17) is 29.7 Å². The fourth-order valence-electron chi connectivity index (χ4n) is 5.67. The van der Waals surface area contributed by atoms with E-state index in [0.29, 0.717) is 19.3 Å².